The molecule has 0 fully saturated rings. The minimum Gasteiger partial charge on any atom is -0.455 e. The lowest BCUT2D eigenvalue weighted by Crippen LogP contribution is -2.01. The Morgan fingerprint density at radius 3 is 1.49 bits per heavy atom. The van der Waals surface area contributed by atoms with Gasteiger partial charge in [-0.05, 0) is 105 Å². The van der Waals surface area contributed by atoms with Gasteiger partial charge in [0.2, 0.25) is 0 Å². The van der Waals surface area contributed by atoms with Crippen molar-refractivity contribution in [2.24, 2.45) is 0 Å². The van der Waals surface area contributed by atoms with Crippen LogP contribution >= 0.6 is 0 Å². The van der Waals surface area contributed by atoms with Gasteiger partial charge in [-0.2, -0.15) is 10.5 Å². The van der Waals surface area contributed by atoms with Gasteiger partial charge < -0.3 is 4.42 Å². The molecule has 0 unspecified atom stereocenters. The number of nitriles is 2. The van der Waals surface area contributed by atoms with E-state index in [9.17, 15) is 10.5 Å². The van der Waals surface area contributed by atoms with Crippen LogP contribution in [-0.4, -0.2) is 15.0 Å². The van der Waals surface area contributed by atoms with Crippen LogP contribution < -0.4 is 0 Å². The highest BCUT2D eigenvalue weighted by atomic mass is 16.3. The van der Waals surface area contributed by atoms with Gasteiger partial charge in [0, 0.05) is 21.9 Å². The highest BCUT2D eigenvalue weighted by molar-refractivity contribution is 6.12. The van der Waals surface area contributed by atoms with Crippen molar-refractivity contribution in [3.05, 3.63) is 199 Å². The lowest BCUT2D eigenvalue weighted by atomic mass is 9.90. The van der Waals surface area contributed by atoms with Gasteiger partial charge >= 0.3 is 0 Å². The molecule has 0 bridgehead atoms. The molecule has 0 atom stereocenters. The molecule has 0 amide bonds. The topological polar surface area (TPSA) is 99.4 Å². The van der Waals surface area contributed by atoms with Crippen LogP contribution in [0.3, 0.4) is 0 Å². The van der Waals surface area contributed by atoms with Crippen molar-refractivity contribution < 1.29 is 4.42 Å². The predicted molar refractivity (Wildman–Crippen MR) is 235 cm³/mol. The smallest absolute Gasteiger partial charge is 0.168 e. The third kappa shape index (κ3) is 6.68. The fourth-order valence-corrected chi connectivity index (χ4v) is 7.64. The van der Waals surface area contributed by atoms with Gasteiger partial charge in [0.1, 0.15) is 11.2 Å². The van der Waals surface area contributed by atoms with E-state index in [4.69, 9.17) is 19.4 Å². The number of hydrogen-bond donors (Lipinski definition) is 0. The molecule has 0 aliphatic carbocycles. The number of furan rings is 1. The summed E-state index contributed by atoms with van der Waals surface area (Å²) in [5.74, 6) is 1.55. The Labute approximate surface area is 340 Å². The number of para-hydroxylation sites is 1. The van der Waals surface area contributed by atoms with Crippen molar-refractivity contribution in [2.75, 3.05) is 0 Å². The first-order chi connectivity index (χ1) is 29.1. The van der Waals surface area contributed by atoms with Crippen molar-refractivity contribution in [1.29, 1.82) is 10.5 Å². The van der Waals surface area contributed by atoms with Crippen LogP contribution in [0.15, 0.2) is 192 Å². The predicted octanol–water partition coefficient (Wildman–Crippen LogP) is 13.2. The number of benzene rings is 8. The Kier molecular flexibility index (Phi) is 8.84. The molecule has 6 nitrogen and oxygen atoms in total. The number of aromatic nitrogens is 3. The number of hydrogen-bond acceptors (Lipinski definition) is 6. The van der Waals surface area contributed by atoms with Crippen LogP contribution in [0.2, 0.25) is 0 Å². The fourth-order valence-electron chi connectivity index (χ4n) is 7.64. The molecule has 2 aromatic heterocycles. The molecule has 10 aromatic rings. The second-order valence-electron chi connectivity index (χ2n) is 14.3. The van der Waals surface area contributed by atoms with Crippen LogP contribution in [0.1, 0.15) is 11.1 Å². The highest BCUT2D eigenvalue weighted by Gasteiger charge is 2.23. The number of fused-ring (bicyclic) bond motifs is 3. The second kappa shape index (κ2) is 14.9. The third-order valence-electron chi connectivity index (χ3n) is 10.6. The summed E-state index contributed by atoms with van der Waals surface area (Å²) in [4.78, 5) is 15.6. The fraction of sp³-hybridized carbons (Fsp3) is 0. The van der Waals surface area contributed by atoms with E-state index in [1.54, 1.807) is 0 Å². The van der Waals surface area contributed by atoms with E-state index in [-0.39, 0.29) is 0 Å². The average molecular weight is 754 g/mol. The summed E-state index contributed by atoms with van der Waals surface area (Å²) in [6.07, 6.45) is 0. The average Bonchev–Trinajstić information content (AvgIpc) is 3.70. The molecule has 0 aliphatic rings. The first-order valence-corrected chi connectivity index (χ1v) is 19.2. The monoisotopic (exact) mass is 753 g/mol. The SMILES string of the molecule is N#Cc1ccc(-c2cc(-c3ccc(C#N)cc3)cc(-c3ccc4c(oc5ccccc54)c3-c3nc(-c4ccccc4)nc(-c4cccc(-c5ccccc5)c4)n3)c2)cc1. The van der Waals surface area contributed by atoms with Crippen LogP contribution in [-0.2, 0) is 0 Å². The maximum absolute atomic E-state index is 9.56. The number of nitrogens with zero attached hydrogens (tertiary/aromatic N) is 5. The van der Waals surface area contributed by atoms with Crippen molar-refractivity contribution in [1.82, 2.24) is 15.0 Å². The van der Waals surface area contributed by atoms with E-state index in [1.807, 2.05) is 127 Å². The summed E-state index contributed by atoms with van der Waals surface area (Å²) in [6.45, 7) is 0. The van der Waals surface area contributed by atoms with Gasteiger partial charge in [-0.1, -0.05) is 127 Å². The maximum Gasteiger partial charge on any atom is 0.168 e. The first-order valence-electron chi connectivity index (χ1n) is 19.2. The Balaban J connectivity index is 1.26. The molecule has 2 heterocycles. The van der Waals surface area contributed by atoms with Crippen molar-refractivity contribution in [3.8, 4) is 90.8 Å². The summed E-state index contributed by atoms with van der Waals surface area (Å²) < 4.78 is 6.79. The van der Waals surface area contributed by atoms with Gasteiger partial charge in [-0.15, -0.1) is 0 Å². The Bertz CT molecular complexity index is 3190. The van der Waals surface area contributed by atoms with Crippen molar-refractivity contribution in [2.45, 2.75) is 0 Å². The Hall–Kier alpha value is -8.45. The van der Waals surface area contributed by atoms with Crippen LogP contribution in [0.5, 0.6) is 0 Å². The summed E-state index contributed by atoms with van der Waals surface area (Å²) >= 11 is 0. The molecule has 0 radical (unpaired) electrons. The van der Waals surface area contributed by atoms with Crippen molar-refractivity contribution in [3.63, 3.8) is 0 Å². The third-order valence-corrected chi connectivity index (χ3v) is 10.6. The molecule has 8 aromatic carbocycles. The Morgan fingerprint density at radius 2 is 0.847 bits per heavy atom. The van der Waals surface area contributed by atoms with E-state index in [0.717, 1.165) is 77.6 Å². The quantitative estimate of drug-likeness (QED) is 0.161. The summed E-state index contributed by atoms with van der Waals surface area (Å²) in [6, 6.07) is 67.0. The first kappa shape index (κ1) is 35.0. The molecular weight excluding hydrogens is 723 g/mol. The summed E-state index contributed by atoms with van der Waals surface area (Å²) in [7, 11) is 0. The van der Waals surface area contributed by atoms with E-state index in [0.29, 0.717) is 34.2 Å². The lowest BCUT2D eigenvalue weighted by Gasteiger charge is -2.16. The Morgan fingerprint density at radius 1 is 0.356 bits per heavy atom. The van der Waals surface area contributed by atoms with E-state index >= 15 is 0 Å². The zero-order chi connectivity index (χ0) is 39.7. The van der Waals surface area contributed by atoms with Gasteiger partial charge in [-0.25, -0.2) is 15.0 Å². The molecule has 0 N–H and O–H groups in total. The van der Waals surface area contributed by atoms with Gasteiger partial charge in [0.25, 0.3) is 0 Å². The second-order valence-corrected chi connectivity index (χ2v) is 14.3. The van der Waals surface area contributed by atoms with Crippen LogP contribution in [0, 0.1) is 22.7 Å². The minimum atomic E-state index is 0.474. The normalized spacial score (nSPS) is 11.0. The van der Waals surface area contributed by atoms with Gasteiger partial charge in [-0.3, -0.25) is 0 Å². The number of rotatable bonds is 7. The summed E-state index contributed by atoms with van der Waals surface area (Å²) in [5, 5.41) is 21.1. The van der Waals surface area contributed by atoms with Crippen molar-refractivity contribution >= 4 is 21.9 Å². The van der Waals surface area contributed by atoms with Crippen LogP contribution in [0.4, 0.5) is 0 Å². The standard InChI is InChI=1S/C53H31N5O/c54-32-34-18-22-37(23-19-34)42-29-43(38-24-20-35(33-55)21-25-38)31-44(30-42)45-26-27-47-46-16-7-8-17-48(46)59-50(47)49(45)53-57-51(39-12-5-2-6-13-39)56-52(58-53)41-15-9-14-40(28-41)36-10-3-1-4-11-36/h1-31H. The van der Waals surface area contributed by atoms with E-state index < -0.39 is 0 Å². The molecule has 0 saturated carbocycles. The maximum atomic E-state index is 9.56. The van der Waals surface area contributed by atoms with Gasteiger partial charge in [0.05, 0.1) is 28.8 Å². The molecule has 10 rings (SSSR count). The molecule has 6 heteroatoms. The molecule has 0 aliphatic heterocycles. The lowest BCUT2D eigenvalue weighted by molar-refractivity contribution is 0.669. The van der Waals surface area contributed by atoms with Crippen LogP contribution in [0.25, 0.3) is 101 Å². The zero-order valence-corrected chi connectivity index (χ0v) is 31.5. The molecular formula is C53H31N5O. The highest BCUT2D eigenvalue weighted by Crippen LogP contribution is 2.44. The summed E-state index contributed by atoms with van der Waals surface area (Å²) in [5.41, 5.74) is 12.8. The zero-order valence-electron chi connectivity index (χ0n) is 31.5. The molecule has 274 valence electrons. The van der Waals surface area contributed by atoms with Gasteiger partial charge in [0.15, 0.2) is 17.5 Å². The largest absolute Gasteiger partial charge is 0.455 e. The van der Waals surface area contributed by atoms with E-state index in [1.165, 1.54) is 0 Å². The van der Waals surface area contributed by atoms with E-state index in [2.05, 4.69) is 72.8 Å². The molecule has 59 heavy (non-hydrogen) atoms. The molecule has 0 saturated heterocycles. The minimum absolute atomic E-state index is 0.474. The molecule has 0 spiro atoms.